The number of hydrogen-bond acceptors (Lipinski definition) is 3. The lowest BCUT2D eigenvalue weighted by Gasteiger charge is -2.06. The number of nitrogens with two attached hydrogens (primary N) is 1. The van der Waals surface area contributed by atoms with Gasteiger partial charge in [0.15, 0.2) is 11.6 Å². The highest BCUT2D eigenvalue weighted by Crippen LogP contribution is 2.33. The van der Waals surface area contributed by atoms with Gasteiger partial charge in [-0.2, -0.15) is 5.10 Å². The fraction of sp³-hybridized carbons (Fsp3) is 0.100. The number of aromatic nitrogens is 2. The number of benzene rings is 1. The number of nitrogen functional groups attached to an aromatic ring is 1. The zero-order valence-corrected chi connectivity index (χ0v) is 10.0. The second-order valence-electron chi connectivity index (χ2n) is 3.18. The number of hydrogen-bond donors (Lipinski definition) is 2. The summed E-state index contributed by atoms with van der Waals surface area (Å²) in [6, 6.07) is 4.72. The number of nitrogens with zero attached hydrogens (tertiary/aromatic N) is 1. The van der Waals surface area contributed by atoms with Crippen molar-refractivity contribution in [1.29, 1.82) is 0 Å². The van der Waals surface area contributed by atoms with E-state index in [4.69, 9.17) is 10.5 Å². The summed E-state index contributed by atoms with van der Waals surface area (Å²) in [6.45, 7) is 0. The fourth-order valence-electron chi connectivity index (χ4n) is 1.40. The lowest BCUT2D eigenvalue weighted by Crippen LogP contribution is -1.91. The van der Waals surface area contributed by atoms with E-state index in [0.717, 1.165) is 0 Å². The molecule has 1 aromatic carbocycles. The van der Waals surface area contributed by atoms with Crippen molar-refractivity contribution in [2.24, 2.45) is 0 Å². The Balaban J connectivity index is 2.52. The van der Waals surface area contributed by atoms with Crippen LogP contribution in [0.5, 0.6) is 5.75 Å². The molecule has 1 aromatic heterocycles. The van der Waals surface area contributed by atoms with Gasteiger partial charge in [0, 0.05) is 11.6 Å². The number of methoxy groups -OCH3 is 1. The monoisotopic (exact) mass is 285 g/mol. The number of anilines is 1. The molecule has 84 valence electrons. The summed E-state index contributed by atoms with van der Waals surface area (Å²) < 4.78 is 19.0. The van der Waals surface area contributed by atoms with Crippen molar-refractivity contribution in [3.63, 3.8) is 0 Å². The topological polar surface area (TPSA) is 63.9 Å². The van der Waals surface area contributed by atoms with Crippen LogP contribution >= 0.6 is 15.9 Å². The highest BCUT2D eigenvalue weighted by Gasteiger charge is 2.11. The second kappa shape index (κ2) is 4.13. The molecule has 0 saturated heterocycles. The summed E-state index contributed by atoms with van der Waals surface area (Å²) in [5.41, 5.74) is 6.78. The first kappa shape index (κ1) is 10.9. The molecule has 16 heavy (non-hydrogen) atoms. The standard InChI is InChI=1S/C10H9BrFN3O/c1-16-10-6(11)2-5(3-7(10)12)8-4-9(13)15-14-8/h2-4H,1H3,(H3,13,14,15). The molecule has 0 radical (unpaired) electrons. The molecule has 0 aliphatic carbocycles. The van der Waals surface area contributed by atoms with Crippen molar-refractivity contribution in [3.8, 4) is 17.0 Å². The first-order valence-corrected chi connectivity index (χ1v) is 5.25. The molecule has 0 fully saturated rings. The molecule has 0 unspecified atom stereocenters. The summed E-state index contributed by atoms with van der Waals surface area (Å²) in [7, 11) is 1.41. The Morgan fingerprint density at radius 3 is 2.69 bits per heavy atom. The Morgan fingerprint density at radius 2 is 2.19 bits per heavy atom. The first-order chi connectivity index (χ1) is 7.61. The third kappa shape index (κ3) is 1.88. The van der Waals surface area contributed by atoms with Gasteiger partial charge in [-0.1, -0.05) is 0 Å². The Bertz CT molecular complexity index is 504. The molecular formula is C10H9BrFN3O. The molecule has 4 nitrogen and oxygen atoms in total. The smallest absolute Gasteiger partial charge is 0.168 e. The minimum absolute atomic E-state index is 0.177. The Labute approximate surface area is 99.7 Å². The normalized spacial score (nSPS) is 10.4. The van der Waals surface area contributed by atoms with E-state index in [-0.39, 0.29) is 5.75 Å². The summed E-state index contributed by atoms with van der Waals surface area (Å²) in [5, 5.41) is 6.49. The molecule has 0 atom stereocenters. The summed E-state index contributed by atoms with van der Waals surface area (Å²) in [4.78, 5) is 0. The minimum atomic E-state index is -0.444. The molecule has 0 bridgehead atoms. The van der Waals surface area contributed by atoms with Crippen LogP contribution in [0.25, 0.3) is 11.3 Å². The van der Waals surface area contributed by atoms with Gasteiger partial charge in [0.1, 0.15) is 5.82 Å². The third-order valence-corrected chi connectivity index (χ3v) is 2.70. The Morgan fingerprint density at radius 1 is 1.44 bits per heavy atom. The van der Waals surface area contributed by atoms with Gasteiger partial charge in [-0.3, -0.25) is 5.10 Å². The van der Waals surface area contributed by atoms with Crippen molar-refractivity contribution in [2.75, 3.05) is 12.8 Å². The van der Waals surface area contributed by atoms with Gasteiger partial charge >= 0.3 is 0 Å². The maximum Gasteiger partial charge on any atom is 0.168 e. The number of ether oxygens (including phenoxy) is 1. The molecule has 3 N–H and O–H groups in total. The lowest BCUT2D eigenvalue weighted by atomic mass is 10.1. The largest absolute Gasteiger partial charge is 0.492 e. The van der Waals surface area contributed by atoms with E-state index in [2.05, 4.69) is 26.1 Å². The van der Waals surface area contributed by atoms with E-state index in [1.54, 1.807) is 12.1 Å². The maximum atomic E-state index is 13.6. The molecule has 1 heterocycles. The van der Waals surface area contributed by atoms with Gasteiger partial charge in [0.25, 0.3) is 0 Å². The molecule has 0 amide bonds. The summed E-state index contributed by atoms with van der Waals surface area (Å²) >= 11 is 3.23. The van der Waals surface area contributed by atoms with E-state index in [0.29, 0.717) is 21.5 Å². The van der Waals surface area contributed by atoms with E-state index in [1.165, 1.54) is 13.2 Å². The molecule has 2 aromatic rings. The fourth-order valence-corrected chi connectivity index (χ4v) is 1.99. The van der Waals surface area contributed by atoms with Gasteiger partial charge in [-0.15, -0.1) is 0 Å². The maximum absolute atomic E-state index is 13.6. The lowest BCUT2D eigenvalue weighted by molar-refractivity contribution is 0.384. The second-order valence-corrected chi connectivity index (χ2v) is 4.03. The number of nitrogens with one attached hydrogen (secondary N) is 1. The minimum Gasteiger partial charge on any atom is -0.492 e. The van der Waals surface area contributed by atoms with Crippen molar-refractivity contribution in [3.05, 3.63) is 28.5 Å². The Hall–Kier alpha value is -1.56. The van der Waals surface area contributed by atoms with Gasteiger partial charge in [-0.25, -0.2) is 4.39 Å². The molecule has 0 aliphatic heterocycles. The molecule has 0 aliphatic rings. The van der Waals surface area contributed by atoms with Crippen LogP contribution in [0.2, 0.25) is 0 Å². The van der Waals surface area contributed by atoms with Gasteiger partial charge < -0.3 is 10.5 Å². The van der Waals surface area contributed by atoms with Crippen LogP contribution in [0.15, 0.2) is 22.7 Å². The van der Waals surface area contributed by atoms with Crippen LogP contribution in [0.4, 0.5) is 10.2 Å². The predicted octanol–water partition coefficient (Wildman–Crippen LogP) is 2.57. The SMILES string of the molecule is COc1c(F)cc(-c2cc(N)n[nH]2)cc1Br. The van der Waals surface area contributed by atoms with Crippen molar-refractivity contribution < 1.29 is 9.13 Å². The highest BCUT2D eigenvalue weighted by molar-refractivity contribution is 9.10. The van der Waals surface area contributed by atoms with Crippen LogP contribution in [0.1, 0.15) is 0 Å². The third-order valence-electron chi connectivity index (χ3n) is 2.11. The average molecular weight is 286 g/mol. The van der Waals surface area contributed by atoms with Gasteiger partial charge in [0.05, 0.1) is 17.3 Å². The molecule has 6 heteroatoms. The van der Waals surface area contributed by atoms with E-state index in [9.17, 15) is 4.39 Å². The van der Waals surface area contributed by atoms with Crippen molar-refractivity contribution >= 4 is 21.7 Å². The summed E-state index contributed by atoms with van der Waals surface area (Å²) in [5.74, 6) is 0.0960. The zero-order valence-electron chi connectivity index (χ0n) is 8.42. The number of rotatable bonds is 2. The number of halogens is 2. The first-order valence-electron chi connectivity index (χ1n) is 4.46. The van der Waals surface area contributed by atoms with E-state index >= 15 is 0 Å². The van der Waals surface area contributed by atoms with Crippen LogP contribution < -0.4 is 10.5 Å². The van der Waals surface area contributed by atoms with Crippen LogP contribution in [0.3, 0.4) is 0 Å². The van der Waals surface area contributed by atoms with Crippen molar-refractivity contribution in [2.45, 2.75) is 0 Å². The van der Waals surface area contributed by atoms with Gasteiger partial charge in [0.2, 0.25) is 0 Å². The quantitative estimate of drug-likeness (QED) is 0.891. The van der Waals surface area contributed by atoms with E-state index in [1.807, 2.05) is 0 Å². The Kier molecular flexibility index (Phi) is 2.82. The number of aromatic amines is 1. The van der Waals surface area contributed by atoms with Crippen LogP contribution in [0, 0.1) is 5.82 Å². The number of H-pyrrole nitrogens is 1. The van der Waals surface area contributed by atoms with Crippen LogP contribution in [-0.2, 0) is 0 Å². The molecule has 2 rings (SSSR count). The van der Waals surface area contributed by atoms with Crippen LogP contribution in [-0.4, -0.2) is 17.3 Å². The predicted molar refractivity (Wildman–Crippen MR) is 62.6 cm³/mol. The highest BCUT2D eigenvalue weighted by atomic mass is 79.9. The molecular weight excluding hydrogens is 277 g/mol. The average Bonchev–Trinajstić information content (AvgIpc) is 2.64. The van der Waals surface area contributed by atoms with Crippen molar-refractivity contribution in [1.82, 2.24) is 10.2 Å². The summed E-state index contributed by atoms with van der Waals surface area (Å²) in [6.07, 6.45) is 0. The van der Waals surface area contributed by atoms with E-state index < -0.39 is 5.82 Å². The molecule has 0 spiro atoms. The van der Waals surface area contributed by atoms with Gasteiger partial charge in [-0.05, 0) is 28.1 Å². The molecule has 0 saturated carbocycles. The zero-order chi connectivity index (χ0) is 11.7.